The molecule has 0 fully saturated rings. The molecule has 0 heterocycles. The molecule has 0 aliphatic heterocycles. The van der Waals surface area contributed by atoms with Crippen molar-refractivity contribution in [2.45, 2.75) is 18.0 Å². The highest BCUT2D eigenvalue weighted by atomic mass is 31.2. The minimum atomic E-state index is -3.70. The van der Waals surface area contributed by atoms with Gasteiger partial charge in [-0.05, 0) is 41.3 Å². The first-order chi connectivity index (χ1) is 17.0. The van der Waals surface area contributed by atoms with Crippen molar-refractivity contribution in [2.24, 2.45) is 0 Å². The summed E-state index contributed by atoms with van der Waals surface area (Å²) in [5, 5.41) is -0.804. The first-order valence-corrected chi connectivity index (χ1v) is 13.3. The fraction of sp³-hybridized carbons (Fsp3) is 0.129. The number of carbonyl (C=O) groups excluding carboxylic acids is 1. The number of allylic oxidation sites excluding steroid dienone is 2. The fourth-order valence-corrected chi connectivity index (χ4v) is 8.07. The summed E-state index contributed by atoms with van der Waals surface area (Å²) in [6, 6.07) is 38.7. The monoisotopic (exact) mass is 478 g/mol. The third-order valence-corrected chi connectivity index (χ3v) is 10.2. The topological polar surface area (TPSA) is 43.4 Å². The van der Waals surface area contributed by atoms with E-state index in [1.807, 2.05) is 116 Å². The maximum absolute atomic E-state index is 15.0. The Bertz CT molecular complexity index is 1410. The van der Waals surface area contributed by atoms with E-state index < -0.39 is 18.4 Å². The van der Waals surface area contributed by atoms with E-state index in [1.54, 1.807) is 12.1 Å². The van der Waals surface area contributed by atoms with Crippen LogP contribution in [0, 0.1) is 0 Å². The Labute approximate surface area is 206 Å². The van der Waals surface area contributed by atoms with E-state index >= 15 is 0 Å². The molecule has 0 N–H and O–H groups in total. The van der Waals surface area contributed by atoms with Crippen molar-refractivity contribution in [1.29, 1.82) is 0 Å². The fourth-order valence-electron chi connectivity index (χ4n) is 5.38. The third-order valence-electron chi connectivity index (χ3n) is 7.05. The Morgan fingerprint density at radius 1 is 0.686 bits per heavy atom. The molecule has 4 aromatic rings. The SMILES string of the molecule is COP(=O)(c1ccccc1)[C@]1(C)C(=O)C(c2ccccc2)=C(c2ccccc2)[C@@H]1c1ccccc1. The molecule has 3 atom stereocenters. The Kier molecular flexibility index (Phi) is 6.15. The standard InChI is InChI=1S/C31H27O3P/c1-31(35(33,34-2)26-21-13-6-14-22-26)29(25-19-11-5-12-20-25)27(23-15-7-3-8-16-23)28(30(31)32)24-17-9-4-10-18-24/h3-22,29H,1-2H3/t29-,31-,35?/m0/s1. The van der Waals surface area contributed by atoms with Crippen LogP contribution in [0.15, 0.2) is 121 Å². The largest absolute Gasteiger partial charge is 0.328 e. The second-order valence-electron chi connectivity index (χ2n) is 8.91. The molecule has 0 saturated heterocycles. The van der Waals surface area contributed by atoms with Crippen LogP contribution in [0.25, 0.3) is 11.1 Å². The predicted octanol–water partition coefficient (Wildman–Crippen LogP) is 6.97. The molecule has 3 nitrogen and oxygen atoms in total. The number of hydrogen-bond donors (Lipinski definition) is 0. The van der Waals surface area contributed by atoms with Crippen LogP contribution in [0.3, 0.4) is 0 Å². The average Bonchev–Trinajstić information content (AvgIpc) is 3.18. The molecule has 4 aromatic carbocycles. The number of benzene rings is 4. The highest BCUT2D eigenvalue weighted by molar-refractivity contribution is 7.69. The van der Waals surface area contributed by atoms with Crippen molar-refractivity contribution in [2.75, 3.05) is 7.11 Å². The van der Waals surface area contributed by atoms with E-state index in [9.17, 15) is 9.36 Å². The Morgan fingerprint density at radius 3 is 1.66 bits per heavy atom. The molecule has 0 aromatic heterocycles. The van der Waals surface area contributed by atoms with Crippen LogP contribution in [0.5, 0.6) is 0 Å². The van der Waals surface area contributed by atoms with Gasteiger partial charge in [0, 0.05) is 23.9 Å². The zero-order valence-corrected chi connectivity index (χ0v) is 20.7. The van der Waals surface area contributed by atoms with Gasteiger partial charge in [-0.2, -0.15) is 0 Å². The minimum absolute atomic E-state index is 0.162. The van der Waals surface area contributed by atoms with Gasteiger partial charge in [-0.3, -0.25) is 9.36 Å². The lowest BCUT2D eigenvalue weighted by molar-refractivity contribution is -0.115. The van der Waals surface area contributed by atoms with Crippen LogP contribution in [-0.2, 0) is 13.9 Å². The van der Waals surface area contributed by atoms with Gasteiger partial charge in [0.05, 0.1) is 0 Å². The van der Waals surface area contributed by atoms with Gasteiger partial charge in [0.2, 0.25) is 7.37 Å². The van der Waals surface area contributed by atoms with Crippen LogP contribution < -0.4 is 5.30 Å². The molecule has 0 amide bonds. The quantitative estimate of drug-likeness (QED) is 0.281. The summed E-state index contributed by atoms with van der Waals surface area (Å²) in [6.45, 7) is 1.82. The van der Waals surface area contributed by atoms with Gasteiger partial charge >= 0.3 is 0 Å². The van der Waals surface area contributed by atoms with Crippen molar-refractivity contribution in [1.82, 2.24) is 0 Å². The third kappa shape index (κ3) is 3.63. The molecule has 0 saturated carbocycles. The Morgan fingerprint density at radius 2 is 1.14 bits per heavy atom. The number of Topliss-reactive ketones (excluding diaryl/α,β-unsaturated/α-hetero) is 1. The number of ketones is 1. The zero-order chi connectivity index (χ0) is 24.5. The van der Waals surface area contributed by atoms with E-state index in [1.165, 1.54) is 7.11 Å². The van der Waals surface area contributed by atoms with Crippen LogP contribution in [0.4, 0.5) is 0 Å². The Balaban J connectivity index is 1.88. The lowest BCUT2D eigenvalue weighted by Gasteiger charge is -2.38. The maximum Gasteiger partial charge on any atom is 0.246 e. The second-order valence-corrected chi connectivity index (χ2v) is 11.8. The number of hydrogen-bond acceptors (Lipinski definition) is 3. The van der Waals surface area contributed by atoms with Crippen molar-refractivity contribution in [3.8, 4) is 0 Å². The van der Waals surface area contributed by atoms with Gasteiger partial charge in [0.1, 0.15) is 5.16 Å². The summed E-state index contributed by atoms with van der Waals surface area (Å²) < 4.78 is 20.9. The molecule has 0 radical (unpaired) electrons. The summed E-state index contributed by atoms with van der Waals surface area (Å²) in [5.74, 6) is -0.634. The number of carbonyl (C=O) groups is 1. The molecular weight excluding hydrogens is 451 g/mol. The summed E-state index contributed by atoms with van der Waals surface area (Å²) in [6.07, 6.45) is 0. The molecule has 0 spiro atoms. The molecule has 174 valence electrons. The molecule has 35 heavy (non-hydrogen) atoms. The van der Waals surface area contributed by atoms with Gasteiger partial charge < -0.3 is 4.52 Å². The molecule has 1 aliphatic carbocycles. The van der Waals surface area contributed by atoms with Crippen molar-refractivity contribution < 1.29 is 13.9 Å². The first-order valence-electron chi connectivity index (χ1n) is 11.7. The molecular formula is C31H27O3P. The normalized spacial score (nSPS) is 21.7. The van der Waals surface area contributed by atoms with Gasteiger partial charge in [0.15, 0.2) is 5.78 Å². The van der Waals surface area contributed by atoms with Gasteiger partial charge in [0.25, 0.3) is 0 Å². The van der Waals surface area contributed by atoms with Crippen LogP contribution in [-0.4, -0.2) is 18.0 Å². The van der Waals surface area contributed by atoms with E-state index in [0.717, 1.165) is 22.3 Å². The molecule has 5 rings (SSSR count). The van der Waals surface area contributed by atoms with E-state index in [4.69, 9.17) is 4.52 Å². The zero-order valence-electron chi connectivity index (χ0n) is 19.8. The second kappa shape index (κ2) is 9.26. The smallest absolute Gasteiger partial charge is 0.246 e. The maximum atomic E-state index is 15.0. The minimum Gasteiger partial charge on any atom is -0.328 e. The molecule has 1 unspecified atom stereocenters. The summed E-state index contributed by atoms with van der Waals surface area (Å²) >= 11 is 0. The van der Waals surface area contributed by atoms with Crippen molar-refractivity contribution >= 4 is 29.6 Å². The van der Waals surface area contributed by atoms with Gasteiger partial charge in [-0.25, -0.2) is 0 Å². The first kappa shape index (κ1) is 23.2. The van der Waals surface area contributed by atoms with Crippen molar-refractivity contribution in [3.63, 3.8) is 0 Å². The van der Waals surface area contributed by atoms with Crippen LogP contribution >= 0.6 is 7.37 Å². The van der Waals surface area contributed by atoms with Gasteiger partial charge in [-0.1, -0.05) is 109 Å². The van der Waals surface area contributed by atoms with Gasteiger partial charge in [-0.15, -0.1) is 0 Å². The van der Waals surface area contributed by atoms with E-state index in [2.05, 4.69) is 0 Å². The molecule has 4 heteroatoms. The lowest BCUT2D eigenvalue weighted by atomic mass is 9.82. The number of rotatable bonds is 6. The van der Waals surface area contributed by atoms with Crippen LogP contribution in [0.1, 0.15) is 29.5 Å². The Hall–Kier alpha value is -3.52. The molecule has 0 bridgehead atoms. The predicted molar refractivity (Wildman–Crippen MR) is 143 cm³/mol. The average molecular weight is 479 g/mol. The lowest BCUT2D eigenvalue weighted by Crippen LogP contribution is -2.41. The van der Waals surface area contributed by atoms with Crippen LogP contribution in [0.2, 0.25) is 0 Å². The summed E-state index contributed by atoms with van der Waals surface area (Å²) in [4.78, 5) is 14.7. The summed E-state index contributed by atoms with van der Waals surface area (Å²) in [5.41, 5.74) is 4.16. The van der Waals surface area contributed by atoms with E-state index in [0.29, 0.717) is 10.9 Å². The summed E-state index contributed by atoms with van der Waals surface area (Å²) in [7, 11) is -2.24. The van der Waals surface area contributed by atoms with E-state index in [-0.39, 0.29) is 5.78 Å². The highest BCUT2D eigenvalue weighted by Gasteiger charge is 2.63. The highest BCUT2D eigenvalue weighted by Crippen LogP contribution is 2.70. The molecule has 1 aliphatic rings. The van der Waals surface area contributed by atoms with Crippen molar-refractivity contribution in [3.05, 3.63) is 138 Å².